The minimum absolute atomic E-state index is 0.365. The summed E-state index contributed by atoms with van der Waals surface area (Å²) in [5.74, 6) is 0.978. The van der Waals surface area contributed by atoms with Crippen LogP contribution in [0.3, 0.4) is 0 Å². The third kappa shape index (κ3) is 2.51. The monoisotopic (exact) mass is 277 g/mol. The smallest absolute Gasteiger partial charge is 0.138 e. The van der Waals surface area contributed by atoms with E-state index < -0.39 is 0 Å². The summed E-state index contributed by atoms with van der Waals surface area (Å²) in [6.45, 7) is 9.78. The van der Waals surface area contributed by atoms with Crippen LogP contribution in [0.15, 0.2) is 4.52 Å². The summed E-state index contributed by atoms with van der Waals surface area (Å²) in [6.07, 6.45) is 6.82. The summed E-state index contributed by atoms with van der Waals surface area (Å²) in [4.78, 5) is 2.62. The Hall–Kier alpha value is -0.870. The van der Waals surface area contributed by atoms with Gasteiger partial charge in [-0.05, 0) is 33.6 Å². The van der Waals surface area contributed by atoms with Gasteiger partial charge in [-0.1, -0.05) is 24.4 Å². The molecule has 4 nitrogen and oxygen atoms in total. The second kappa shape index (κ2) is 5.49. The number of hydrogen-bond acceptors (Lipinski definition) is 4. The molecule has 1 saturated carbocycles. The molecule has 1 saturated heterocycles. The van der Waals surface area contributed by atoms with E-state index in [4.69, 9.17) is 4.52 Å². The molecule has 1 aromatic heterocycles. The Kier molecular flexibility index (Phi) is 3.87. The zero-order chi connectivity index (χ0) is 14.2. The van der Waals surface area contributed by atoms with E-state index in [9.17, 15) is 0 Å². The zero-order valence-corrected chi connectivity index (χ0v) is 13.0. The molecule has 0 bridgehead atoms. The molecule has 1 aliphatic heterocycles. The Morgan fingerprint density at radius 3 is 2.65 bits per heavy atom. The molecular formula is C16H27N3O. The van der Waals surface area contributed by atoms with E-state index in [1.54, 1.807) is 0 Å². The Morgan fingerprint density at radius 1 is 1.25 bits per heavy atom. The lowest BCUT2D eigenvalue weighted by atomic mass is 9.79. The van der Waals surface area contributed by atoms with Gasteiger partial charge in [0.15, 0.2) is 0 Å². The van der Waals surface area contributed by atoms with Crippen LogP contribution in [0.1, 0.15) is 62.1 Å². The molecule has 1 unspecified atom stereocenters. The first-order valence-electron chi connectivity index (χ1n) is 8.03. The van der Waals surface area contributed by atoms with E-state index in [1.165, 1.54) is 37.7 Å². The van der Waals surface area contributed by atoms with Crippen LogP contribution in [0.5, 0.6) is 0 Å². The Labute approximate surface area is 121 Å². The van der Waals surface area contributed by atoms with Crippen LogP contribution < -0.4 is 5.32 Å². The standard InChI is InChI=1S/C16H27N3O/c1-12-15(14(3)20-18-12)13(2)19-10-9-17-16(11-19)7-5-4-6-8-16/h13,17H,4-11H2,1-3H3. The van der Waals surface area contributed by atoms with Gasteiger partial charge in [0.1, 0.15) is 5.76 Å². The Morgan fingerprint density at radius 2 is 2.00 bits per heavy atom. The SMILES string of the molecule is Cc1noc(C)c1C(C)N1CCNC2(CCCCC2)C1. The van der Waals surface area contributed by atoms with Crippen molar-refractivity contribution >= 4 is 0 Å². The molecule has 1 atom stereocenters. The van der Waals surface area contributed by atoms with Crippen molar-refractivity contribution in [3.8, 4) is 0 Å². The van der Waals surface area contributed by atoms with Gasteiger partial charge in [0.05, 0.1) is 5.69 Å². The highest BCUT2D eigenvalue weighted by Crippen LogP contribution is 2.34. The summed E-state index contributed by atoms with van der Waals surface area (Å²) < 4.78 is 5.35. The van der Waals surface area contributed by atoms with Crippen LogP contribution in [-0.4, -0.2) is 35.2 Å². The van der Waals surface area contributed by atoms with E-state index >= 15 is 0 Å². The molecule has 20 heavy (non-hydrogen) atoms. The summed E-state index contributed by atoms with van der Waals surface area (Å²) >= 11 is 0. The number of nitrogens with zero attached hydrogens (tertiary/aromatic N) is 2. The molecule has 0 amide bonds. The molecule has 1 spiro atoms. The second-order valence-electron chi connectivity index (χ2n) is 6.65. The fourth-order valence-electron chi connectivity index (χ4n) is 4.15. The van der Waals surface area contributed by atoms with Crippen molar-refractivity contribution in [2.24, 2.45) is 0 Å². The van der Waals surface area contributed by atoms with Gasteiger partial charge in [-0.3, -0.25) is 4.90 Å². The van der Waals surface area contributed by atoms with Crippen molar-refractivity contribution in [2.75, 3.05) is 19.6 Å². The van der Waals surface area contributed by atoms with Gasteiger partial charge in [0.2, 0.25) is 0 Å². The van der Waals surface area contributed by atoms with E-state index in [2.05, 4.69) is 29.2 Å². The third-order valence-electron chi connectivity index (χ3n) is 5.27. The van der Waals surface area contributed by atoms with Gasteiger partial charge in [-0.25, -0.2) is 0 Å². The fourth-order valence-corrected chi connectivity index (χ4v) is 4.15. The number of rotatable bonds is 2. The minimum atomic E-state index is 0.365. The fraction of sp³-hybridized carbons (Fsp3) is 0.812. The average Bonchev–Trinajstić information content (AvgIpc) is 2.78. The van der Waals surface area contributed by atoms with Crippen molar-refractivity contribution in [1.29, 1.82) is 0 Å². The maximum Gasteiger partial charge on any atom is 0.138 e. The Bertz CT molecular complexity index is 437. The van der Waals surface area contributed by atoms with Gasteiger partial charge < -0.3 is 9.84 Å². The average molecular weight is 277 g/mol. The van der Waals surface area contributed by atoms with Gasteiger partial charge in [-0.15, -0.1) is 0 Å². The first kappa shape index (κ1) is 14.1. The van der Waals surface area contributed by atoms with Gasteiger partial charge in [0.25, 0.3) is 0 Å². The molecule has 1 aliphatic carbocycles. The largest absolute Gasteiger partial charge is 0.361 e. The molecule has 0 aromatic carbocycles. The lowest BCUT2D eigenvalue weighted by Crippen LogP contribution is -2.61. The number of aromatic nitrogens is 1. The second-order valence-corrected chi connectivity index (χ2v) is 6.65. The molecule has 112 valence electrons. The van der Waals surface area contributed by atoms with E-state index in [0.29, 0.717) is 11.6 Å². The first-order chi connectivity index (χ1) is 9.61. The Balaban J connectivity index is 1.76. The van der Waals surface area contributed by atoms with Crippen molar-refractivity contribution in [2.45, 2.75) is 64.5 Å². The molecule has 1 aromatic rings. The lowest BCUT2D eigenvalue weighted by Gasteiger charge is -2.48. The molecule has 2 aliphatic rings. The van der Waals surface area contributed by atoms with Gasteiger partial charge in [0, 0.05) is 36.8 Å². The van der Waals surface area contributed by atoms with Gasteiger partial charge >= 0.3 is 0 Å². The summed E-state index contributed by atoms with van der Waals surface area (Å²) in [5, 5.41) is 7.93. The highest BCUT2D eigenvalue weighted by atomic mass is 16.5. The number of piperazine rings is 1. The van der Waals surface area contributed by atoms with Crippen LogP contribution in [0.2, 0.25) is 0 Å². The van der Waals surface area contributed by atoms with E-state index in [1.807, 2.05) is 6.92 Å². The molecule has 1 N–H and O–H groups in total. The van der Waals surface area contributed by atoms with Crippen molar-refractivity contribution in [3.05, 3.63) is 17.0 Å². The number of aryl methyl sites for hydroxylation is 2. The molecule has 0 radical (unpaired) electrons. The van der Waals surface area contributed by atoms with Crippen LogP contribution >= 0.6 is 0 Å². The highest BCUT2D eigenvalue weighted by Gasteiger charge is 2.38. The number of hydrogen-bond donors (Lipinski definition) is 1. The number of nitrogens with one attached hydrogen (secondary N) is 1. The predicted octanol–water partition coefficient (Wildman–Crippen LogP) is 2.96. The van der Waals surface area contributed by atoms with E-state index in [0.717, 1.165) is 31.1 Å². The molecule has 3 rings (SSSR count). The van der Waals surface area contributed by atoms with Gasteiger partial charge in [-0.2, -0.15) is 0 Å². The summed E-state index contributed by atoms with van der Waals surface area (Å²) in [5.41, 5.74) is 2.70. The highest BCUT2D eigenvalue weighted by molar-refractivity contribution is 5.25. The normalized spacial score (nSPS) is 24.9. The molecule has 2 heterocycles. The van der Waals surface area contributed by atoms with Crippen molar-refractivity contribution in [3.63, 3.8) is 0 Å². The molecule has 2 fully saturated rings. The maximum atomic E-state index is 5.35. The lowest BCUT2D eigenvalue weighted by molar-refractivity contribution is 0.0724. The molecule has 4 heteroatoms. The maximum absolute atomic E-state index is 5.35. The molecular weight excluding hydrogens is 250 g/mol. The third-order valence-corrected chi connectivity index (χ3v) is 5.27. The van der Waals surface area contributed by atoms with Crippen LogP contribution in [-0.2, 0) is 0 Å². The topological polar surface area (TPSA) is 41.3 Å². The van der Waals surface area contributed by atoms with Crippen LogP contribution in [0.4, 0.5) is 0 Å². The quantitative estimate of drug-likeness (QED) is 0.902. The van der Waals surface area contributed by atoms with Crippen LogP contribution in [0.25, 0.3) is 0 Å². The first-order valence-corrected chi connectivity index (χ1v) is 8.03. The zero-order valence-electron chi connectivity index (χ0n) is 13.0. The van der Waals surface area contributed by atoms with Crippen LogP contribution in [0, 0.1) is 13.8 Å². The van der Waals surface area contributed by atoms with Crippen molar-refractivity contribution in [1.82, 2.24) is 15.4 Å². The van der Waals surface area contributed by atoms with E-state index in [-0.39, 0.29) is 0 Å². The summed E-state index contributed by atoms with van der Waals surface area (Å²) in [7, 11) is 0. The minimum Gasteiger partial charge on any atom is -0.361 e. The predicted molar refractivity (Wildman–Crippen MR) is 79.8 cm³/mol. The summed E-state index contributed by atoms with van der Waals surface area (Å²) in [6, 6.07) is 0.405. The van der Waals surface area contributed by atoms with Crippen molar-refractivity contribution < 1.29 is 4.52 Å².